The van der Waals surface area contributed by atoms with Crippen molar-refractivity contribution in [2.45, 2.75) is 20.3 Å². The predicted molar refractivity (Wildman–Crippen MR) is 106 cm³/mol. The highest BCUT2D eigenvalue weighted by Crippen LogP contribution is 2.23. The monoisotopic (exact) mass is 382 g/mol. The number of nitrogens with one attached hydrogen (secondary N) is 1. The highest BCUT2D eigenvalue weighted by molar-refractivity contribution is 7.10. The Bertz CT molecular complexity index is 1010. The van der Waals surface area contributed by atoms with Gasteiger partial charge in [0.2, 0.25) is 5.91 Å². The highest BCUT2D eigenvalue weighted by Gasteiger charge is 2.13. The highest BCUT2D eigenvalue weighted by atomic mass is 32.1. The second kappa shape index (κ2) is 7.96. The lowest BCUT2D eigenvalue weighted by Gasteiger charge is -2.09. The van der Waals surface area contributed by atoms with Gasteiger partial charge in [0.05, 0.1) is 23.2 Å². The van der Waals surface area contributed by atoms with E-state index in [2.05, 4.69) is 10.5 Å². The van der Waals surface area contributed by atoms with Crippen LogP contribution in [0.2, 0.25) is 0 Å². The summed E-state index contributed by atoms with van der Waals surface area (Å²) in [5, 5.41) is 17.0. The quantitative estimate of drug-likeness (QED) is 0.400. The zero-order valence-electron chi connectivity index (χ0n) is 14.9. The predicted octanol–water partition coefficient (Wildman–Crippen LogP) is 3.76. The zero-order valence-corrected chi connectivity index (χ0v) is 15.7. The van der Waals surface area contributed by atoms with E-state index in [1.54, 1.807) is 12.3 Å². The van der Waals surface area contributed by atoms with Crippen molar-refractivity contribution in [3.05, 3.63) is 79.8 Å². The van der Waals surface area contributed by atoms with Crippen molar-refractivity contribution in [3.63, 3.8) is 0 Å². The minimum Gasteiger partial charge on any atom is -0.318 e. The summed E-state index contributed by atoms with van der Waals surface area (Å²) in [6, 6.07) is 12.2. The minimum absolute atomic E-state index is 0.0380. The molecule has 0 spiro atoms. The molecule has 0 fully saturated rings. The maximum absolute atomic E-state index is 11.9. The number of amides is 1. The molecule has 0 bridgehead atoms. The Kier molecular flexibility index (Phi) is 5.46. The molecular weight excluding hydrogens is 364 g/mol. The van der Waals surface area contributed by atoms with E-state index in [-0.39, 0.29) is 11.6 Å². The standard InChI is InChI=1S/C19H18N4O3S/c1-13-9-15(12-20-21-19(24)11-18-7-4-8-27-18)14(2)22(13)16-5-3-6-17(10-16)23(25)26/h3-10,12H,11H2,1-2H3,(H,21,24)/b20-12-. The maximum Gasteiger partial charge on any atom is 0.271 e. The number of carbonyl (C=O) groups is 1. The van der Waals surface area contributed by atoms with Gasteiger partial charge in [0.25, 0.3) is 5.69 Å². The van der Waals surface area contributed by atoms with Gasteiger partial charge in [-0.2, -0.15) is 5.10 Å². The van der Waals surface area contributed by atoms with E-state index in [4.69, 9.17) is 0 Å². The second-order valence-corrected chi connectivity index (χ2v) is 7.02. The molecule has 27 heavy (non-hydrogen) atoms. The van der Waals surface area contributed by atoms with E-state index in [1.165, 1.54) is 23.5 Å². The molecule has 1 aromatic carbocycles. The Balaban J connectivity index is 1.76. The van der Waals surface area contributed by atoms with Gasteiger partial charge in [-0.1, -0.05) is 12.1 Å². The van der Waals surface area contributed by atoms with Gasteiger partial charge >= 0.3 is 0 Å². The van der Waals surface area contributed by atoms with E-state index in [0.717, 1.165) is 21.8 Å². The summed E-state index contributed by atoms with van der Waals surface area (Å²) in [6.07, 6.45) is 1.88. The van der Waals surface area contributed by atoms with Crippen LogP contribution in [-0.4, -0.2) is 21.6 Å². The molecule has 0 unspecified atom stereocenters. The smallest absolute Gasteiger partial charge is 0.271 e. The number of aromatic nitrogens is 1. The van der Waals surface area contributed by atoms with Crippen molar-refractivity contribution in [1.29, 1.82) is 0 Å². The molecule has 0 atom stereocenters. The number of carbonyl (C=O) groups excluding carboxylic acids is 1. The molecule has 0 saturated carbocycles. The van der Waals surface area contributed by atoms with Crippen LogP contribution >= 0.6 is 11.3 Å². The van der Waals surface area contributed by atoms with Crippen molar-refractivity contribution in [3.8, 4) is 5.69 Å². The SMILES string of the molecule is Cc1cc(/C=N\NC(=O)Cc2cccs2)c(C)n1-c1cccc([N+](=O)[O-])c1. The molecule has 0 radical (unpaired) electrons. The number of hydrazone groups is 1. The average Bonchev–Trinajstić information content (AvgIpc) is 3.23. The largest absolute Gasteiger partial charge is 0.318 e. The molecule has 0 aliphatic heterocycles. The number of benzene rings is 1. The number of hydrogen-bond acceptors (Lipinski definition) is 5. The average molecular weight is 382 g/mol. The van der Waals surface area contributed by atoms with Crippen molar-refractivity contribution in [1.82, 2.24) is 9.99 Å². The first-order chi connectivity index (χ1) is 13.0. The maximum atomic E-state index is 11.9. The lowest BCUT2D eigenvalue weighted by atomic mass is 10.2. The molecule has 3 aromatic rings. The summed E-state index contributed by atoms with van der Waals surface area (Å²) >= 11 is 1.53. The van der Waals surface area contributed by atoms with Crippen molar-refractivity contribution >= 4 is 29.1 Å². The molecule has 1 amide bonds. The molecule has 138 valence electrons. The number of nitro benzene ring substituents is 1. The van der Waals surface area contributed by atoms with Gasteiger partial charge in [0.1, 0.15) is 0 Å². The lowest BCUT2D eigenvalue weighted by molar-refractivity contribution is -0.384. The second-order valence-electron chi connectivity index (χ2n) is 5.99. The van der Waals surface area contributed by atoms with Gasteiger partial charge in [0, 0.05) is 34.0 Å². The third-order valence-corrected chi connectivity index (χ3v) is 4.95. The third kappa shape index (κ3) is 4.29. The van der Waals surface area contributed by atoms with Crippen LogP contribution in [0.3, 0.4) is 0 Å². The van der Waals surface area contributed by atoms with Gasteiger partial charge < -0.3 is 4.57 Å². The fourth-order valence-corrected chi connectivity index (χ4v) is 3.55. The van der Waals surface area contributed by atoms with E-state index in [9.17, 15) is 14.9 Å². The van der Waals surface area contributed by atoms with E-state index in [0.29, 0.717) is 12.1 Å². The van der Waals surface area contributed by atoms with Crippen LogP contribution in [0.15, 0.2) is 52.9 Å². The molecule has 0 aliphatic rings. The molecule has 1 N–H and O–H groups in total. The normalized spacial score (nSPS) is 11.0. The first-order valence-electron chi connectivity index (χ1n) is 8.24. The van der Waals surface area contributed by atoms with Crippen LogP contribution in [0.4, 0.5) is 5.69 Å². The fraction of sp³-hybridized carbons (Fsp3) is 0.158. The molecule has 2 heterocycles. The Morgan fingerprint density at radius 1 is 1.30 bits per heavy atom. The van der Waals surface area contributed by atoms with E-state index in [1.807, 2.05) is 48.1 Å². The number of thiophene rings is 1. The van der Waals surface area contributed by atoms with Gasteiger partial charge in [0.15, 0.2) is 0 Å². The van der Waals surface area contributed by atoms with Gasteiger partial charge in [-0.15, -0.1) is 11.3 Å². The molecule has 3 rings (SSSR count). The van der Waals surface area contributed by atoms with Crippen molar-refractivity contribution < 1.29 is 9.72 Å². The van der Waals surface area contributed by atoms with Crippen molar-refractivity contribution in [2.24, 2.45) is 5.10 Å². The number of rotatable bonds is 6. The number of non-ortho nitro benzene ring substituents is 1. The number of nitrogens with zero attached hydrogens (tertiary/aromatic N) is 3. The first kappa shape index (κ1) is 18.5. The van der Waals surface area contributed by atoms with Gasteiger partial charge in [-0.25, -0.2) is 5.43 Å². The minimum atomic E-state index is -0.414. The summed E-state index contributed by atoms with van der Waals surface area (Å²) < 4.78 is 1.92. The van der Waals surface area contributed by atoms with Crippen LogP contribution in [0, 0.1) is 24.0 Å². The topological polar surface area (TPSA) is 89.5 Å². The molecule has 7 nitrogen and oxygen atoms in total. The first-order valence-corrected chi connectivity index (χ1v) is 9.11. The molecule has 0 saturated heterocycles. The lowest BCUT2D eigenvalue weighted by Crippen LogP contribution is -2.19. The summed E-state index contributed by atoms with van der Waals surface area (Å²) in [7, 11) is 0. The van der Waals surface area contributed by atoms with Crippen LogP contribution in [0.5, 0.6) is 0 Å². The van der Waals surface area contributed by atoms with Gasteiger partial charge in [-0.05, 0) is 37.4 Å². The van der Waals surface area contributed by atoms with Crippen LogP contribution in [-0.2, 0) is 11.2 Å². The summed E-state index contributed by atoms with van der Waals surface area (Å²) in [6.45, 7) is 3.82. The summed E-state index contributed by atoms with van der Waals surface area (Å²) in [5.41, 5.74) is 5.90. The third-order valence-electron chi connectivity index (χ3n) is 4.08. The molecular formula is C19H18N4O3S. The summed E-state index contributed by atoms with van der Waals surface area (Å²) in [5.74, 6) is -0.179. The van der Waals surface area contributed by atoms with E-state index < -0.39 is 4.92 Å². The zero-order chi connectivity index (χ0) is 19.4. The van der Waals surface area contributed by atoms with Crippen molar-refractivity contribution in [2.75, 3.05) is 0 Å². The van der Waals surface area contributed by atoms with Crippen LogP contribution < -0.4 is 5.43 Å². The Morgan fingerprint density at radius 2 is 2.11 bits per heavy atom. The summed E-state index contributed by atoms with van der Waals surface area (Å²) in [4.78, 5) is 23.5. The van der Waals surface area contributed by atoms with Crippen LogP contribution in [0.25, 0.3) is 5.69 Å². The number of aryl methyl sites for hydroxylation is 1. The molecule has 2 aromatic heterocycles. The Hall–Kier alpha value is -3.26. The van der Waals surface area contributed by atoms with Crippen LogP contribution in [0.1, 0.15) is 21.8 Å². The Labute approximate surface area is 160 Å². The Morgan fingerprint density at radius 3 is 2.81 bits per heavy atom. The fourth-order valence-electron chi connectivity index (χ4n) is 2.85. The number of hydrogen-bond donors (Lipinski definition) is 1. The molecule has 0 aliphatic carbocycles. The number of nitro groups is 1. The van der Waals surface area contributed by atoms with Gasteiger partial charge in [-0.3, -0.25) is 14.9 Å². The van der Waals surface area contributed by atoms with E-state index >= 15 is 0 Å². The molecule has 8 heteroatoms.